The van der Waals surface area contributed by atoms with Gasteiger partial charge in [-0.1, -0.05) is 25.5 Å². The Morgan fingerprint density at radius 1 is 1.08 bits per heavy atom. The summed E-state index contributed by atoms with van der Waals surface area (Å²) in [5.74, 6) is 1.92. The van der Waals surface area contributed by atoms with Crippen LogP contribution in [0.4, 0.5) is 0 Å². The average molecular weight is 329 g/mol. The molecule has 0 amide bonds. The van der Waals surface area contributed by atoms with E-state index in [2.05, 4.69) is 24.4 Å². The third-order valence-corrected chi connectivity index (χ3v) is 4.00. The van der Waals surface area contributed by atoms with Crippen molar-refractivity contribution in [1.29, 1.82) is 0 Å². The predicted molar refractivity (Wildman–Crippen MR) is 96.8 cm³/mol. The van der Waals surface area contributed by atoms with E-state index in [1.807, 2.05) is 25.1 Å². The minimum Gasteiger partial charge on any atom is -0.508 e. The maximum atomic E-state index is 10.0. The summed E-state index contributed by atoms with van der Waals surface area (Å²) in [6, 6.07) is 13.4. The molecule has 0 unspecified atom stereocenters. The van der Waals surface area contributed by atoms with Crippen LogP contribution in [-0.2, 0) is 6.54 Å². The van der Waals surface area contributed by atoms with Crippen LogP contribution in [0.3, 0.4) is 0 Å². The van der Waals surface area contributed by atoms with Crippen molar-refractivity contribution in [1.82, 2.24) is 5.32 Å². The molecule has 0 fully saturated rings. The minimum atomic E-state index is 0.0144. The van der Waals surface area contributed by atoms with E-state index in [0.717, 1.165) is 36.5 Å². The standard InChI is InChI=1S/C20H27NO3/c1-4-5-12-24-17-8-6-16(7-9-17)14-21-15(2)19-13-18(23-3)10-11-20(19)22/h6-11,13,15,21-22H,4-5,12,14H2,1-3H3/t15-/m0/s1. The molecular formula is C20H27NO3. The highest BCUT2D eigenvalue weighted by Crippen LogP contribution is 2.28. The molecule has 0 saturated carbocycles. The van der Waals surface area contributed by atoms with E-state index in [0.29, 0.717) is 6.54 Å². The number of nitrogens with one attached hydrogen (secondary N) is 1. The number of rotatable bonds is 9. The first kappa shape index (κ1) is 18.1. The summed E-state index contributed by atoms with van der Waals surface area (Å²) in [6.07, 6.45) is 2.21. The number of phenolic OH excluding ortho intramolecular Hbond substituents is 1. The van der Waals surface area contributed by atoms with E-state index < -0.39 is 0 Å². The molecule has 0 aromatic heterocycles. The normalized spacial score (nSPS) is 12.0. The lowest BCUT2D eigenvalue weighted by Crippen LogP contribution is -2.18. The van der Waals surface area contributed by atoms with Gasteiger partial charge in [0.2, 0.25) is 0 Å². The Morgan fingerprint density at radius 2 is 1.79 bits per heavy atom. The molecule has 2 aromatic rings. The second kappa shape index (κ2) is 9.18. The third kappa shape index (κ3) is 5.17. The average Bonchev–Trinajstić information content (AvgIpc) is 2.61. The highest BCUT2D eigenvalue weighted by molar-refractivity contribution is 5.41. The van der Waals surface area contributed by atoms with Crippen LogP contribution in [0, 0.1) is 0 Å². The molecule has 0 bridgehead atoms. The van der Waals surface area contributed by atoms with E-state index in [1.165, 1.54) is 5.56 Å². The summed E-state index contributed by atoms with van der Waals surface area (Å²) in [5, 5.41) is 13.4. The second-order valence-corrected chi connectivity index (χ2v) is 5.87. The third-order valence-electron chi connectivity index (χ3n) is 4.00. The van der Waals surface area contributed by atoms with Crippen LogP contribution in [0.25, 0.3) is 0 Å². The zero-order valence-electron chi connectivity index (χ0n) is 14.7. The smallest absolute Gasteiger partial charge is 0.120 e. The van der Waals surface area contributed by atoms with Gasteiger partial charge < -0.3 is 19.9 Å². The molecule has 4 heteroatoms. The lowest BCUT2D eigenvalue weighted by atomic mass is 10.1. The minimum absolute atomic E-state index is 0.0144. The Bertz CT molecular complexity index is 625. The maximum Gasteiger partial charge on any atom is 0.120 e. The van der Waals surface area contributed by atoms with Crippen LogP contribution in [-0.4, -0.2) is 18.8 Å². The molecule has 2 rings (SSSR count). The molecule has 130 valence electrons. The molecule has 2 N–H and O–H groups in total. The number of hydrogen-bond acceptors (Lipinski definition) is 4. The molecule has 0 aliphatic rings. The number of methoxy groups -OCH3 is 1. The lowest BCUT2D eigenvalue weighted by molar-refractivity contribution is 0.309. The molecular weight excluding hydrogens is 302 g/mol. The zero-order chi connectivity index (χ0) is 17.4. The van der Waals surface area contributed by atoms with Gasteiger partial charge in [0.05, 0.1) is 13.7 Å². The predicted octanol–water partition coefficient (Wildman–Crippen LogP) is 4.43. The molecule has 0 aliphatic heterocycles. The van der Waals surface area contributed by atoms with Gasteiger partial charge in [0.1, 0.15) is 17.2 Å². The summed E-state index contributed by atoms with van der Waals surface area (Å²) in [5.41, 5.74) is 2.00. The molecule has 0 aliphatic carbocycles. The van der Waals surface area contributed by atoms with Crippen molar-refractivity contribution >= 4 is 0 Å². The lowest BCUT2D eigenvalue weighted by Gasteiger charge is -2.17. The Balaban J connectivity index is 1.90. The Kier molecular flexibility index (Phi) is 6.94. The number of phenols is 1. The van der Waals surface area contributed by atoms with Crippen LogP contribution in [0.1, 0.15) is 43.9 Å². The molecule has 0 radical (unpaired) electrons. The van der Waals surface area contributed by atoms with Gasteiger partial charge in [-0.15, -0.1) is 0 Å². The van der Waals surface area contributed by atoms with E-state index in [-0.39, 0.29) is 11.8 Å². The van der Waals surface area contributed by atoms with Crippen LogP contribution in [0.5, 0.6) is 17.2 Å². The van der Waals surface area contributed by atoms with E-state index in [1.54, 1.807) is 19.2 Å². The van der Waals surface area contributed by atoms with Gasteiger partial charge in [-0.3, -0.25) is 0 Å². The monoisotopic (exact) mass is 329 g/mol. The van der Waals surface area contributed by atoms with E-state index >= 15 is 0 Å². The second-order valence-electron chi connectivity index (χ2n) is 5.87. The van der Waals surface area contributed by atoms with Crippen LogP contribution in [0.2, 0.25) is 0 Å². The summed E-state index contributed by atoms with van der Waals surface area (Å²) in [6.45, 7) is 5.66. The first-order valence-corrected chi connectivity index (χ1v) is 8.46. The summed E-state index contributed by atoms with van der Waals surface area (Å²) in [7, 11) is 1.62. The fraction of sp³-hybridized carbons (Fsp3) is 0.400. The largest absolute Gasteiger partial charge is 0.508 e. The first-order valence-electron chi connectivity index (χ1n) is 8.46. The fourth-order valence-electron chi connectivity index (χ4n) is 2.43. The molecule has 0 spiro atoms. The van der Waals surface area contributed by atoms with Gasteiger partial charge >= 0.3 is 0 Å². The van der Waals surface area contributed by atoms with Gasteiger partial charge in [0.25, 0.3) is 0 Å². The van der Waals surface area contributed by atoms with Crippen molar-refractivity contribution in [3.05, 3.63) is 53.6 Å². The highest BCUT2D eigenvalue weighted by Gasteiger charge is 2.11. The molecule has 0 saturated heterocycles. The molecule has 0 heterocycles. The Morgan fingerprint density at radius 3 is 2.46 bits per heavy atom. The Labute approximate surface area is 144 Å². The topological polar surface area (TPSA) is 50.7 Å². The number of aromatic hydroxyl groups is 1. The summed E-state index contributed by atoms with van der Waals surface area (Å²) < 4.78 is 10.9. The van der Waals surface area contributed by atoms with Crippen LogP contribution in [0.15, 0.2) is 42.5 Å². The molecule has 4 nitrogen and oxygen atoms in total. The van der Waals surface area contributed by atoms with Gasteiger partial charge in [0.15, 0.2) is 0 Å². The fourth-order valence-corrected chi connectivity index (χ4v) is 2.43. The van der Waals surface area contributed by atoms with E-state index in [9.17, 15) is 5.11 Å². The highest BCUT2D eigenvalue weighted by atomic mass is 16.5. The van der Waals surface area contributed by atoms with Crippen molar-refractivity contribution < 1.29 is 14.6 Å². The van der Waals surface area contributed by atoms with Crippen LogP contribution >= 0.6 is 0 Å². The number of benzene rings is 2. The van der Waals surface area contributed by atoms with Crippen molar-refractivity contribution in [2.75, 3.05) is 13.7 Å². The molecule has 24 heavy (non-hydrogen) atoms. The van der Waals surface area contributed by atoms with Crippen molar-refractivity contribution in [2.24, 2.45) is 0 Å². The van der Waals surface area contributed by atoms with Gasteiger partial charge in [-0.2, -0.15) is 0 Å². The van der Waals surface area contributed by atoms with Crippen molar-refractivity contribution in [2.45, 2.75) is 39.3 Å². The Hall–Kier alpha value is -2.20. The molecule has 2 aromatic carbocycles. The number of ether oxygens (including phenoxy) is 2. The van der Waals surface area contributed by atoms with Gasteiger partial charge in [-0.05, 0) is 49.2 Å². The molecule has 1 atom stereocenters. The number of unbranched alkanes of at least 4 members (excludes halogenated alkanes) is 1. The van der Waals surface area contributed by atoms with Crippen molar-refractivity contribution in [3.63, 3.8) is 0 Å². The van der Waals surface area contributed by atoms with Crippen molar-refractivity contribution in [3.8, 4) is 17.2 Å². The first-order chi connectivity index (χ1) is 11.6. The zero-order valence-corrected chi connectivity index (χ0v) is 14.7. The quantitative estimate of drug-likeness (QED) is 0.668. The maximum absolute atomic E-state index is 10.0. The summed E-state index contributed by atoms with van der Waals surface area (Å²) >= 11 is 0. The SMILES string of the molecule is CCCCOc1ccc(CN[C@@H](C)c2cc(OC)ccc2O)cc1. The van der Waals surface area contributed by atoms with E-state index in [4.69, 9.17) is 9.47 Å². The number of hydrogen-bond donors (Lipinski definition) is 2. The van der Waals surface area contributed by atoms with Crippen LogP contribution < -0.4 is 14.8 Å². The summed E-state index contributed by atoms with van der Waals surface area (Å²) in [4.78, 5) is 0. The van der Waals surface area contributed by atoms with Gasteiger partial charge in [0, 0.05) is 18.2 Å². The van der Waals surface area contributed by atoms with Gasteiger partial charge in [-0.25, -0.2) is 0 Å².